The molecule has 0 rings (SSSR count). The monoisotopic (exact) mass is 318 g/mol. The van der Waals surface area contributed by atoms with E-state index in [1.165, 1.54) is 13.2 Å². The summed E-state index contributed by atoms with van der Waals surface area (Å²) in [4.78, 5) is 29.9. The Hall–Kier alpha value is -2.31. The van der Waals surface area contributed by atoms with Crippen LogP contribution in [0.3, 0.4) is 0 Å². The molecule has 1 N–H and O–H groups in total. The first-order chi connectivity index (χ1) is 9.98. The van der Waals surface area contributed by atoms with E-state index in [1.807, 2.05) is 0 Å². The Morgan fingerprint density at radius 1 is 1.05 bits per heavy atom. The molecule has 0 radical (unpaired) electrons. The number of carbonyl (C=O) groups is 3. The van der Waals surface area contributed by atoms with Crippen LogP contribution >= 0.6 is 0 Å². The molecule has 0 spiro atoms. The van der Waals surface area contributed by atoms with E-state index in [1.54, 1.807) is 20.8 Å². The molecule has 0 aliphatic heterocycles. The van der Waals surface area contributed by atoms with Gasteiger partial charge in [0.25, 0.3) is 5.97 Å². The number of carbonyl (C=O) groups excluding carboxylic acids is 2. The van der Waals surface area contributed by atoms with Gasteiger partial charge in [-0.25, -0.2) is 0 Å². The van der Waals surface area contributed by atoms with Crippen LogP contribution < -0.4 is 0 Å². The highest BCUT2D eigenvalue weighted by atomic mass is 16.6. The van der Waals surface area contributed by atoms with Gasteiger partial charge < -0.3 is 19.3 Å². The predicted molar refractivity (Wildman–Crippen MR) is 81.8 cm³/mol. The molecule has 0 atom stereocenters. The molecule has 7 nitrogen and oxygen atoms in total. The van der Waals surface area contributed by atoms with E-state index >= 15 is 0 Å². The summed E-state index contributed by atoms with van der Waals surface area (Å²) in [7, 11) is 0. The van der Waals surface area contributed by atoms with Gasteiger partial charge in [-0.1, -0.05) is 13.2 Å². The molecule has 0 amide bonds. The third-order valence-electron chi connectivity index (χ3n) is 1.43. The van der Waals surface area contributed by atoms with Gasteiger partial charge >= 0.3 is 11.9 Å². The largest absolute Gasteiger partial charge is 0.498 e. The highest BCUT2D eigenvalue weighted by Gasteiger charge is 2.21. The lowest BCUT2D eigenvalue weighted by molar-refractivity contribution is -0.147. The van der Waals surface area contributed by atoms with Crippen molar-refractivity contribution in [3.63, 3.8) is 0 Å². The smallest absolute Gasteiger partial charge is 0.316 e. The van der Waals surface area contributed by atoms with Crippen LogP contribution in [-0.4, -0.2) is 36.2 Å². The van der Waals surface area contributed by atoms with Crippen LogP contribution in [0.2, 0.25) is 0 Å². The second kappa shape index (κ2) is 15.1. The molecular weight excluding hydrogens is 292 g/mol. The Balaban J connectivity index is -0.000000266. The van der Waals surface area contributed by atoms with Crippen LogP contribution in [0.5, 0.6) is 0 Å². The van der Waals surface area contributed by atoms with Crippen molar-refractivity contribution in [2.75, 3.05) is 13.2 Å². The van der Waals surface area contributed by atoms with Crippen molar-refractivity contribution >= 4 is 17.9 Å². The number of hydrogen-bond acceptors (Lipinski definition) is 6. The predicted octanol–water partition coefficient (Wildman–Crippen LogP) is 2.52. The fourth-order valence-corrected chi connectivity index (χ4v) is 0.569. The molecule has 22 heavy (non-hydrogen) atoms. The van der Waals surface area contributed by atoms with Crippen LogP contribution in [0.4, 0.5) is 0 Å². The standard InChI is InChI=1S/C7H12O2.C6H10O3.C2H4O2/c1-5-9-6(8)7(2,3)4;1-3-8-4-5-9-6(2)7;1-2(3)4/h5H,1H2,2-4H3;3H,1,4-5H2,2H3;1H3,(H,3,4). The van der Waals surface area contributed by atoms with Gasteiger partial charge in [-0.05, 0) is 20.8 Å². The second-order valence-electron chi connectivity index (χ2n) is 4.72. The molecule has 0 aromatic carbocycles. The molecule has 0 heterocycles. The Bertz CT molecular complexity index is 349. The van der Waals surface area contributed by atoms with Crippen LogP contribution in [0.1, 0.15) is 34.6 Å². The van der Waals surface area contributed by atoms with Crippen molar-refractivity contribution in [3.05, 3.63) is 25.7 Å². The molecule has 0 saturated carbocycles. The molecule has 0 aromatic heterocycles. The minimum absolute atomic E-state index is 0.252. The molecule has 0 fully saturated rings. The van der Waals surface area contributed by atoms with Gasteiger partial charge in [0.2, 0.25) is 0 Å². The van der Waals surface area contributed by atoms with Gasteiger partial charge in [-0.15, -0.1) is 0 Å². The van der Waals surface area contributed by atoms with Crippen LogP contribution in [0.25, 0.3) is 0 Å². The molecule has 0 saturated heterocycles. The van der Waals surface area contributed by atoms with Crippen molar-refractivity contribution in [3.8, 4) is 0 Å². The molecule has 0 aliphatic carbocycles. The van der Waals surface area contributed by atoms with Crippen molar-refractivity contribution in [2.24, 2.45) is 5.41 Å². The minimum atomic E-state index is -0.833. The van der Waals surface area contributed by atoms with Crippen LogP contribution in [0, 0.1) is 5.41 Å². The summed E-state index contributed by atoms with van der Waals surface area (Å²) in [5.41, 5.74) is -0.422. The fourth-order valence-electron chi connectivity index (χ4n) is 0.569. The molecule has 128 valence electrons. The average Bonchev–Trinajstić information content (AvgIpc) is 2.34. The number of aliphatic carboxylic acids is 1. The summed E-state index contributed by atoms with van der Waals surface area (Å²) in [5, 5.41) is 7.42. The number of carboxylic acid groups (broad SMARTS) is 1. The summed E-state index contributed by atoms with van der Waals surface area (Å²) < 4.78 is 13.7. The fraction of sp³-hybridized carbons (Fsp3) is 0.533. The van der Waals surface area contributed by atoms with E-state index < -0.39 is 11.4 Å². The first kappa shape index (κ1) is 24.7. The molecular formula is C15H26O7. The lowest BCUT2D eigenvalue weighted by Gasteiger charge is -2.13. The number of hydrogen-bond donors (Lipinski definition) is 1. The van der Waals surface area contributed by atoms with Crippen molar-refractivity contribution < 1.29 is 33.7 Å². The summed E-state index contributed by atoms with van der Waals surface area (Å²) in [5.74, 6) is -1.37. The minimum Gasteiger partial charge on any atom is -0.498 e. The maximum absolute atomic E-state index is 10.8. The molecule has 7 heteroatoms. The van der Waals surface area contributed by atoms with E-state index in [0.717, 1.165) is 13.2 Å². The topological polar surface area (TPSA) is 99.1 Å². The molecule has 0 aromatic rings. The zero-order valence-corrected chi connectivity index (χ0v) is 13.9. The lowest BCUT2D eigenvalue weighted by atomic mass is 9.98. The highest BCUT2D eigenvalue weighted by molar-refractivity contribution is 5.75. The Labute approximate surface area is 131 Å². The maximum atomic E-state index is 10.8. The summed E-state index contributed by atoms with van der Waals surface area (Å²) in [6.07, 6.45) is 2.46. The SMILES string of the molecule is C=COC(=O)C(C)(C)C.C=COCCOC(C)=O.CC(=O)O. The first-order valence-corrected chi connectivity index (χ1v) is 6.36. The zero-order chi connectivity index (χ0) is 18.2. The van der Waals surface area contributed by atoms with Crippen molar-refractivity contribution in [2.45, 2.75) is 34.6 Å². The maximum Gasteiger partial charge on any atom is 0.316 e. The van der Waals surface area contributed by atoms with Gasteiger partial charge in [0.15, 0.2) is 0 Å². The highest BCUT2D eigenvalue weighted by Crippen LogP contribution is 2.14. The molecule has 0 unspecified atom stereocenters. The average molecular weight is 318 g/mol. The zero-order valence-electron chi connectivity index (χ0n) is 13.9. The van der Waals surface area contributed by atoms with Gasteiger partial charge in [0.05, 0.1) is 17.9 Å². The lowest BCUT2D eigenvalue weighted by Crippen LogP contribution is -2.20. The number of rotatable bonds is 5. The van der Waals surface area contributed by atoms with E-state index in [9.17, 15) is 9.59 Å². The van der Waals surface area contributed by atoms with Gasteiger partial charge in [-0.2, -0.15) is 0 Å². The Morgan fingerprint density at radius 2 is 1.50 bits per heavy atom. The van der Waals surface area contributed by atoms with E-state index in [2.05, 4.69) is 27.4 Å². The van der Waals surface area contributed by atoms with Crippen molar-refractivity contribution in [1.29, 1.82) is 0 Å². The second-order valence-corrected chi connectivity index (χ2v) is 4.72. The number of esters is 2. The normalized spacial score (nSPS) is 8.77. The van der Waals surface area contributed by atoms with Crippen molar-refractivity contribution in [1.82, 2.24) is 0 Å². The summed E-state index contributed by atoms with van der Waals surface area (Å²) in [6.45, 7) is 15.1. The third kappa shape index (κ3) is 30.6. The Morgan fingerprint density at radius 3 is 1.73 bits per heavy atom. The summed E-state index contributed by atoms with van der Waals surface area (Å²) in [6, 6.07) is 0. The van der Waals surface area contributed by atoms with Gasteiger partial charge in [0.1, 0.15) is 13.2 Å². The number of carboxylic acids is 1. The molecule has 0 aliphatic rings. The third-order valence-corrected chi connectivity index (χ3v) is 1.43. The summed E-state index contributed by atoms with van der Waals surface area (Å²) >= 11 is 0. The Kier molecular flexibility index (Phi) is 16.9. The van der Waals surface area contributed by atoms with Gasteiger partial charge in [0, 0.05) is 13.8 Å². The molecule has 0 bridgehead atoms. The quantitative estimate of drug-likeness (QED) is 0.472. The van der Waals surface area contributed by atoms with E-state index in [0.29, 0.717) is 13.2 Å². The number of ether oxygens (including phenoxy) is 3. The van der Waals surface area contributed by atoms with Gasteiger partial charge in [-0.3, -0.25) is 14.4 Å². The van der Waals surface area contributed by atoms with Crippen LogP contribution in [0.15, 0.2) is 25.7 Å². The van der Waals surface area contributed by atoms with E-state index in [4.69, 9.17) is 9.90 Å². The van der Waals surface area contributed by atoms with E-state index in [-0.39, 0.29) is 11.9 Å². The van der Waals surface area contributed by atoms with Crippen LogP contribution in [-0.2, 0) is 28.6 Å². The first-order valence-electron chi connectivity index (χ1n) is 6.36.